The standard InChI is InChI=1S/C8H16O6/c1-2-13-8-7(12)6(11)5(10)4(3-9)14-8/h4-12H,2-3H2,1H3/t4-,5+,6+,7-,8?/m1/s1. The molecule has 1 rings (SSSR count). The highest BCUT2D eigenvalue weighted by Crippen LogP contribution is 2.21. The normalized spacial score (nSPS) is 43.9. The van der Waals surface area contributed by atoms with Crippen molar-refractivity contribution in [2.45, 2.75) is 37.6 Å². The Labute approximate surface area is 81.7 Å². The van der Waals surface area contributed by atoms with E-state index in [1.807, 2.05) is 0 Å². The van der Waals surface area contributed by atoms with Gasteiger partial charge in [0.2, 0.25) is 0 Å². The number of aliphatic hydroxyl groups is 4. The van der Waals surface area contributed by atoms with Crippen molar-refractivity contribution in [1.82, 2.24) is 0 Å². The van der Waals surface area contributed by atoms with E-state index in [4.69, 9.17) is 14.6 Å². The molecule has 5 atom stereocenters. The van der Waals surface area contributed by atoms with Crippen molar-refractivity contribution in [3.05, 3.63) is 0 Å². The minimum absolute atomic E-state index is 0.308. The third-order valence-corrected chi connectivity index (χ3v) is 2.18. The van der Waals surface area contributed by atoms with Gasteiger partial charge in [0.25, 0.3) is 0 Å². The summed E-state index contributed by atoms with van der Waals surface area (Å²) < 4.78 is 10.0. The largest absolute Gasteiger partial charge is 0.394 e. The van der Waals surface area contributed by atoms with E-state index in [9.17, 15) is 15.3 Å². The average molecular weight is 208 g/mol. The molecule has 0 radical (unpaired) electrons. The van der Waals surface area contributed by atoms with Crippen LogP contribution in [0, 0.1) is 0 Å². The van der Waals surface area contributed by atoms with E-state index in [0.717, 1.165) is 0 Å². The van der Waals surface area contributed by atoms with E-state index in [2.05, 4.69) is 0 Å². The summed E-state index contributed by atoms with van der Waals surface area (Å²) >= 11 is 0. The van der Waals surface area contributed by atoms with Gasteiger partial charge in [-0.3, -0.25) is 0 Å². The maximum atomic E-state index is 9.41. The van der Waals surface area contributed by atoms with Crippen LogP contribution in [-0.4, -0.2) is 64.3 Å². The molecule has 4 N–H and O–H groups in total. The van der Waals surface area contributed by atoms with Crippen LogP contribution in [0.2, 0.25) is 0 Å². The van der Waals surface area contributed by atoms with Gasteiger partial charge >= 0.3 is 0 Å². The molecule has 0 bridgehead atoms. The Morgan fingerprint density at radius 1 is 1.14 bits per heavy atom. The highest BCUT2D eigenvalue weighted by molar-refractivity contribution is 4.88. The molecule has 1 unspecified atom stereocenters. The zero-order valence-electron chi connectivity index (χ0n) is 7.91. The summed E-state index contributed by atoms with van der Waals surface area (Å²) in [5, 5.41) is 36.9. The van der Waals surface area contributed by atoms with Crippen LogP contribution >= 0.6 is 0 Å². The Balaban J connectivity index is 2.63. The molecule has 1 aliphatic rings. The van der Waals surface area contributed by atoms with Crippen molar-refractivity contribution in [3.63, 3.8) is 0 Å². The Morgan fingerprint density at radius 2 is 1.79 bits per heavy atom. The number of rotatable bonds is 3. The SMILES string of the molecule is CCOC1O[C@H](CO)[C@H](O)[C@H](O)[C@H]1O. The van der Waals surface area contributed by atoms with E-state index in [1.54, 1.807) is 6.92 Å². The summed E-state index contributed by atoms with van der Waals surface area (Å²) in [4.78, 5) is 0. The fraction of sp³-hybridized carbons (Fsp3) is 1.00. The average Bonchev–Trinajstić information content (AvgIpc) is 2.19. The third-order valence-electron chi connectivity index (χ3n) is 2.18. The van der Waals surface area contributed by atoms with Gasteiger partial charge < -0.3 is 29.9 Å². The summed E-state index contributed by atoms with van der Waals surface area (Å²) in [7, 11) is 0. The lowest BCUT2D eigenvalue weighted by molar-refractivity contribution is -0.300. The van der Waals surface area contributed by atoms with Crippen molar-refractivity contribution in [3.8, 4) is 0 Å². The van der Waals surface area contributed by atoms with Gasteiger partial charge in [-0.05, 0) is 6.92 Å². The molecule has 6 heteroatoms. The molecule has 1 fully saturated rings. The molecule has 1 aliphatic heterocycles. The quantitative estimate of drug-likeness (QED) is 0.421. The van der Waals surface area contributed by atoms with Gasteiger partial charge in [0.15, 0.2) is 6.29 Å². The lowest BCUT2D eigenvalue weighted by atomic mass is 9.99. The van der Waals surface area contributed by atoms with Crippen molar-refractivity contribution in [2.24, 2.45) is 0 Å². The highest BCUT2D eigenvalue weighted by atomic mass is 16.7. The van der Waals surface area contributed by atoms with Gasteiger partial charge in [0, 0.05) is 6.61 Å². The molecule has 0 aromatic rings. The molecule has 0 aromatic heterocycles. The van der Waals surface area contributed by atoms with E-state index >= 15 is 0 Å². The van der Waals surface area contributed by atoms with Crippen molar-refractivity contribution in [1.29, 1.82) is 0 Å². The maximum absolute atomic E-state index is 9.41. The van der Waals surface area contributed by atoms with Gasteiger partial charge in [0.1, 0.15) is 24.4 Å². The highest BCUT2D eigenvalue weighted by Gasteiger charge is 2.43. The van der Waals surface area contributed by atoms with E-state index < -0.39 is 37.3 Å². The van der Waals surface area contributed by atoms with E-state index in [1.165, 1.54) is 0 Å². The second kappa shape index (κ2) is 5.01. The smallest absolute Gasteiger partial charge is 0.186 e. The summed E-state index contributed by atoms with van der Waals surface area (Å²) in [6.07, 6.45) is -5.89. The second-order valence-electron chi connectivity index (χ2n) is 3.15. The van der Waals surface area contributed by atoms with E-state index in [-0.39, 0.29) is 0 Å². The Hall–Kier alpha value is -0.240. The number of hydrogen-bond donors (Lipinski definition) is 4. The predicted molar refractivity (Wildman–Crippen MR) is 45.4 cm³/mol. The van der Waals surface area contributed by atoms with Gasteiger partial charge in [-0.15, -0.1) is 0 Å². The summed E-state index contributed by atoms with van der Waals surface area (Å²) in [5.74, 6) is 0. The molecule has 1 saturated heterocycles. The monoisotopic (exact) mass is 208 g/mol. The van der Waals surface area contributed by atoms with Crippen LogP contribution in [-0.2, 0) is 9.47 Å². The zero-order chi connectivity index (χ0) is 10.7. The van der Waals surface area contributed by atoms with Crippen LogP contribution in [0.3, 0.4) is 0 Å². The van der Waals surface area contributed by atoms with Crippen LogP contribution in [0.1, 0.15) is 6.92 Å². The van der Waals surface area contributed by atoms with Crippen molar-refractivity contribution in [2.75, 3.05) is 13.2 Å². The molecule has 0 saturated carbocycles. The molecular formula is C8H16O6. The first-order valence-corrected chi connectivity index (χ1v) is 4.54. The fourth-order valence-corrected chi connectivity index (χ4v) is 1.37. The lowest BCUT2D eigenvalue weighted by Gasteiger charge is -2.39. The van der Waals surface area contributed by atoms with Gasteiger partial charge in [-0.2, -0.15) is 0 Å². The van der Waals surface area contributed by atoms with Crippen molar-refractivity contribution >= 4 is 0 Å². The first-order chi connectivity index (χ1) is 6.61. The molecule has 14 heavy (non-hydrogen) atoms. The minimum Gasteiger partial charge on any atom is -0.394 e. The van der Waals surface area contributed by atoms with Crippen LogP contribution in [0.15, 0.2) is 0 Å². The van der Waals surface area contributed by atoms with Crippen LogP contribution < -0.4 is 0 Å². The Bertz CT molecular complexity index is 171. The molecule has 6 nitrogen and oxygen atoms in total. The molecule has 0 aromatic carbocycles. The van der Waals surface area contributed by atoms with Gasteiger partial charge in [-0.25, -0.2) is 0 Å². The third kappa shape index (κ3) is 2.22. The predicted octanol–water partition coefficient (Wildman–Crippen LogP) is -2.18. The number of ether oxygens (including phenoxy) is 2. The van der Waals surface area contributed by atoms with Crippen LogP contribution in [0.25, 0.3) is 0 Å². The van der Waals surface area contributed by atoms with Gasteiger partial charge in [-0.1, -0.05) is 0 Å². The van der Waals surface area contributed by atoms with Crippen molar-refractivity contribution < 1.29 is 29.9 Å². The Morgan fingerprint density at radius 3 is 2.29 bits per heavy atom. The minimum atomic E-state index is -1.36. The lowest BCUT2D eigenvalue weighted by Crippen LogP contribution is -2.59. The molecule has 84 valence electrons. The molecular weight excluding hydrogens is 192 g/mol. The van der Waals surface area contributed by atoms with Gasteiger partial charge in [0.05, 0.1) is 6.61 Å². The summed E-state index contributed by atoms with van der Waals surface area (Å²) in [5.41, 5.74) is 0. The Kier molecular flexibility index (Phi) is 4.24. The number of aliphatic hydroxyl groups excluding tert-OH is 4. The first-order valence-electron chi connectivity index (χ1n) is 4.54. The second-order valence-corrected chi connectivity index (χ2v) is 3.15. The maximum Gasteiger partial charge on any atom is 0.186 e. The topological polar surface area (TPSA) is 99.4 Å². The summed E-state index contributed by atoms with van der Waals surface area (Å²) in [6.45, 7) is 1.58. The van der Waals surface area contributed by atoms with Crippen LogP contribution in [0.5, 0.6) is 0 Å². The first kappa shape index (κ1) is 11.8. The fourth-order valence-electron chi connectivity index (χ4n) is 1.37. The molecule has 0 amide bonds. The number of hydrogen-bond acceptors (Lipinski definition) is 6. The molecule has 1 heterocycles. The summed E-state index contributed by atoms with van der Waals surface area (Å²) in [6, 6.07) is 0. The van der Waals surface area contributed by atoms with Crippen LogP contribution in [0.4, 0.5) is 0 Å². The molecule has 0 spiro atoms. The van der Waals surface area contributed by atoms with E-state index in [0.29, 0.717) is 6.61 Å². The zero-order valence-corrected chi connectivity index (χ0v) is 7.91. The molecule has 0 aliphatic carbocycles.